The molecule has 0 bridgehead atoms. The zero-order valence-electron chi connectivity index (χ0n) is 7.76. The lowest BCUT2D eigenvalue weighted by molar-refractivity contribution is 0.196. The molecule has 11 heavy (non-hydrogen) atoms. The third kappa shape index (κ3) is 5.41. The van der Waals surface area contributed by atoms with E-state index in [1.165, 1.54) is 0 Å². The number of rotatable bonds is 5. The Morgan fingerprint density at radius 2 is 1.91 bits per heavy atom. The van der Waals surface area contributed by atoms with Crippen LogP contribution in [0.2, 0.25) is 13.1 Å². The Morgan fingerprint density at radius 1 is 1.36 bits per heavy atom. The van der Waals surface area contributed by atoms with E-state index in [1.807, 2.05) is 0 Å². The highest BCUT2D eigenvalue weighted by molar-refractivity contribution is 6.70. The van der Waals surface area contributed by atoms with Gasteiger partial charge in [-0.2, -0.15) is 0 Å². The average molecular weight is 175 g/mol. The standard InChI is InChI=1S/C8H19O2Si/c1-4-5-6-7-8(9)11(2,3)10/h8-9H,4-7H2,1-3H3. The third-order valence-corrected chi connectivity index (χ3v) is 3.78. The van der Waals surface area contributed by atoms with Gasteiger partial charge in [-0.25, -0.2) is 0 Å². The van der Waals surface area contributed by atoms with Gasteiger partial charge in [-0.05, 0) is 19.5 Å². The van der Waals surface area contributed by atoms with Crippen LogP contribution in [0.25, 0.3) is 0 Å². The normalized spacial score (nSPS) is 15.0. The quantitative estimate of drug-likeness (QED) is 0.504. The van der Waals surface area contributed by atoms with Gasteiger partial charge in [0.25, 0.3) is 8.32 Å². The molecule has 0 rings (SSSR count). The minimum absolute atomic E-state index is 0.547. The molecule has 2 nitrogen and oxygen atoms in total. The van der Waals surface area contributed by atoms with Crippen molar-refractivity contribution in [1.82, 2.24) is 0 Å². The fourth-order valence-corrected chi connectivity index (χ4v) is 1.83. The fraction of sp³-hybridized carbons (Fsp3) is 1.00. The van der Waals surface area contributed by atoms with Crippen LogP contribution >= 0.6 is 0 Å². The summed E-state index contributed by atoms with van der Waals surface area (Å²) in [6.45, 7) is 5.46. The van der Waals surface area contributed by atoms with Crippen LogP contribution in [-0.4, -0.2) is 19.2 Å². The summed E-state index contributed by atoms with van der Waals surface area (Å²) in [6, 6.07) is 0. The zero-order chi connectivity index (χ0) is 8.91. The molecular weight excluding hydrogens is 156 g/mol. The number of hydrogen-bond acceptors (Lipinski definition) is 1. The fourth-order valence-electron chi connectivity index (χ4n) is 0.935. The molecule has 0 spiro atoms. The monoisotopic (exact) mass is 175 g/mol. The van der Waals surface area contributed by atoms with E-state index >= 15 is 0 Å². The first-order chi connectivity index (χ1) is 4.98. The predicted octanol–water partition coefficient (Wildman–Crippen LogP) is 2.10. The van der Waals surface area contributed by atoms with Crippen molar-refractivity contribution >= 4 is 8.32 Å². The number of aliphatic hydroxyl groups excluding tert-OH is 1. The third-order valence-electron chi connectivity index (χ3n) is 1.88. The summed E-state index contributed by atoms with van der Waals surface area (Å²) in [5.74, 6) is 0. The molecule has 0 aromatic rings. The summed E-state index contributed by atoms with van der Waals surface area (Å²) in [7, 11) is -2.51. The Labute approximate surface area is 70.4 Å². The van der Waals surface area contributed by atoms with Gasteiger partial charge in [0.05, 0.1) is 5.73 Å². The molecule has 0 aliphatic rings. The van der Waals surface area contributed by atoms with Crippen LogP contribution in [0, 0.1) is 0 Å². The molecular formula is C8H19O2Si. The number of aliphatic hydroxyl groups is 1. The second-order valence-corrected chi connectivity index (χ2v) is 7.49. The minimum Gasteiger partial charge on any atom is -0.394 e. The van der Waals surface area contributed by atoms with Gasteiger partial charge in [-0.3, -0.25) is 4.80 Å². The second kappa shape index (κ2) is 4.90. The minimum atomic E-state index is -2.51. The van der Waals surface area contributed by atoms with Crippen LogP contribution in [0.5, 0.6) is 0 Å². The summed E-state index contributed by atoms with van der Waals surface area (Å²) in [4.78, 5) is 11.3. The molecule has 0 saturated carbocycles. The maximum absolute atomic E-state index is 11.3. The summed E-state index contributed by atoms with van der Waals surface area (Å²) in [6.07, 6.45) is 3.97. The maximum atomic E-state index is 11.3. The molecule has 3 heteroatoms. The van der Waals surface area contributed by atoms with Crippen molar-refractivity contribution in [2.45, 2.75) is 51.4 Å². The molecule has 1 N–H and O–H groups in total. The maximum Gasteiger partial charge on any atom is 0.259 e. The van der Waals surface area contributed by atoms with Crippen LogP contribution in [0.4, 0.5) is 0 Å². The summed E-state index contributed by atoms with van der Waals surface area (Å²) < 4.78 is 0. The lowest BCUT2D eigenvalue weighted by Crippen LogP contribution is -2.40. The van der Waals surface area contributed by atoms with E-state index in [0.717, 1.165) is 19.3 Å². The van der Waals surface area contributed by atoms with Gasteiger partial charge in [-0.15, -0.1) is 0 Å². The number of hydrogen-bond donors (Lipinski definition) is 1. The van der Waals surface area contributed by atoms with Gasteiger partial charge in [-0.1, -0.05) is 26.2 Å². The molecule has 0 aromatic carbocycles. The van der Waals surface area contributed by atoms with E-state index in [4.69, 9.17) is 0 Å². The van der Waals surface area contributed by atoms with Crippen LogP contribution in [0.1, 0.15) is 32.6 Å². The molecule has 0 aliphatic heterocycles. The van der Waals surface area contributed by atoms with Crippen molar-refractivity contribution < 1.29 is 9.90 Å². The molecule has 0 aliphatic carbocycles. The first kappa shape index (κ1) is 11.1. The summed E-state index contributed by atoms with van der Waals surface area (Å²) in [5, 5.41) is 9.36. The Balaban J connectivity index is 3.44. The second-order valence-electron chi connectivity index (χ2n) is 3.62. The Kier molecular flexibility index (Phi) is 4.96. The molecule has 0 heterocycles. The summed E-state index contributed by atoms with van der Waals surface area (Å²) in [5.41, 5.74) is -0.547. The van der Waals surface area contributed by atoms with Gasteiger partial charge >= 0.3 is 0 Å². The van der Waals surface area contributed by atoms with Crippen LogP contribution in [-0.2, 0) is 4.80 Å². The molecule has 1 radical (unpaired) electrons. The lowest BCUT2D eigenvalue weighted by Gasteiger charge is -2.18. The van der Waals surface area contributed by atoms with Crippen LogP contribution in [0.3, 0.4) is 0 Å². The zero-order valence-corrected chi connectivity index (χ0v) is 8.76. The Morgan fingerprint density at radius 3 is 2.27 bits per heavy atom. The van der Waals surface area contributed by atoms with E-state index < -0.39 is 14.0 Å². The van der Waals surface area contributed by atoms with Crippen molar-refractivity contribution in [2.24, 2.45) is 0 Å². The largest absolute Gasteiger partial charge is 0.394 e. The first-order valence-corrected chi connectivity index (χ1v) is 7.35. The van der Waals surface area contributed by atoms with Gasteiger partial charge < -0.3 is 5.11 Å². The Hall–Kier alpha value is 0.137. The number of unbranched alkanes of at least 4 members (excludes halogenated alkanes) is 2. The molecule has 1 unspecified atom stereocenters. The highest BCUT2D eigenvalue weighted by Gasteiger charge is 2.29. The van der Waals surface area contributed by atoms with Crippen molar-refractivity contribution in [2.75, 3.05) is 0 Å². The van der Waals surface area contributed by atoms with Crippen molar-refractivity contribution in [3.63, 3.8) is 0 Å². The lowest BCUT2D eigenvalue weighted by atomic mass is 10.2. The first-order valence-electron chi connectivity index (χ1n) is 4.37. The van der Waals surface area contributed by atoms with Gasteiger partial charge in [0.2, 0.25) is 0 Å². The summed E-state index contributed by atoms with van der Waals surface area (Å²) >= 11 is 0. The molecule has 0 fully saturated rings. The van der Waals surface area contributed by atoms with E-state index in [1.54, 1.807) is 13.1 Å². The van der Waals surface area contributed by atoms with Gasteiger partial charge in [0.1, 0.15) is 0 Å². The molecule has 0 amide bonds. The molecule has 0 saturated heterocycles. The average Bonchev–Trinajstić information content (AvgIpc) is 1.86. The van der Waals surface area contributed by atoms with E-state index in [2.05, 4.69) is 6.92 Å². The van der Waals surface area contributed by atoms with E-state index in [9.17, 15) is 9.90 Å². The van der Waals surface area contributed by atoms with Crippen LogP contribution in [0.15, 0.2) is 0 Å². The smallest absolute Gasteiger partial charge is 0.259 e. The highest BCUT2D eigenvalue weighted by Crippen LogP contribution is 2.12. The SMILES string of the molecule is CCCCCC(O)[Si](C)(C)[O]. The topological polar surface area (TPSA) is 40.1 Å². The molecule has 1 atom stereocenters. The highest BCUT2D eigenvalue weighted by atomic mass is 28.4. The van der Waals surface area contributed by atoms with Crippen molar-refractivity contribution in [3.05, 3.63) is 0 Å². The predicted molar refractivity (Wildman–Crippen MR) is 48.3 cm³/mol. The Bertz CT molecular complexity index is 98.8. The van der Waals surface area contributed by atoms with Crippen LogP contribution < -0.4 is 0 Å². The van der Waals surface area contributed by atoms with Crippen molar-refractivity contribution in [3.8, 4) is 0 Å². The van der Waals surface area contributed by atoms with Gasteiger partial charge in [0, 0.05) is 0 Å². The molecule has 67 valence electrons. The van der Waals surface area contributed by atoms with E-state index in [0.29, 0.717) is 6.42 Å². The van der Waals surface area contributed by atoms with E-state index in [-0.39, 0.29) is 0 Å². The molecule has 0 aromatic heterocycles. The van der Waals surface area contributed by atoms with Crippen molar-refractivity contribution in [1.29, 1.82) is 0 Å². The van der Waals surface area contributed by atoms with Gasteiger partial charge in [0.15, 0.2) is 0 Å².